The summed E-state index contributed by atoms with van der Waals surface area (Å²) >= 11 is 0. The number of hydrogen-bond donors (Lipinski definition) is 2. The molecule has 0 spiro atoms. The maximum absolute atomic E-state index is 4.28. The molecule has 0 amide bonds. The minimum atomic E-state index is 0.649. The van der Waals surface area contributed by atoms with Crippen LogP contribution in [0.15, 0.2) is 23.2 Å². The monoisotopic (exact) mass is 326 g/mol. The van der Waals surface area contributed by atoms with Crippen molar-refractivity contribution >= 4 is 5.96 Å². The summed E-state index contributed by atoms with van der Waals surface area (Å²) in [5, 5.41) is 15.2. The Morgan fingerprint density at radius 2 is 1.96 bits per heavy atom. The molecular weight excluding hydrogens is 300 g/mol. The highest BCUT2D eigenvalue weighted by Gasteiger charge is 2.16. The lowest BCUT2D eigenvalue weighted by Crippen LogP contribution is -2.38. The van der Waals surface area contributed by atoms with Gasteiger partial charge in [-0.1, -0.05) is 29.3 Å². The van der Waals surface area contributed by atoms with Crippen molar-refractivity contribution in [3.05, 3.63) is 46.5 Å². The topological polar surface area (TPSA) is 67.1 Å². The minimum Gasteiger partial charge on any atom is -0.356 e. The molecule has 1 aromatic carbocycles. The molecule has 2 N–H and O–H groups in total. The van der Waals surface area contributed by atoms with E-state index in [1.54, 1.807) is 7.05 Å². The van der Waals surface area contributed by atoms with Gasteiger partial charge in [-0.2, -0.15) is 0 Å². The minimum absolute atomic E-state index is 0.649. The number of guanidine groups is 1. The number of fused-ring (bicyclic) bond motifs is 1. The van der Waals surface area contributed by atoms with Crippen molar-refractivity contribution in [1.29, 1.82) is 0 Å². The SMILES string of the molecule is CN=C(NCCc1cc(C)cc(C)c1)NCc1nnc2n1CCC2. The van der Waals surface area contributed by atoms with Gasteiger partial charge in [0.15, 0.2) is 11.8 Å². The Labute approximate surface area is 143 Å². The lowest BCUT2D eigenvalue weighted by molar-refractivity contribution is 0.662. The Balaban J connectivity index is 1.48. The van der Waals surface area contributed by atoms with E-state index in [0.29, 0.717) is 6.54 Å². The average Bonchev–Trinajstić information content (AvgIpc) is 3.13. The van der Waals surface area contributed by atoms with Gasteiger partial charge in [-0.25, -0.2) is 0 Å². The predicted octanol–water partition coefficient (Wildman–Crippen LogP) is 1.75. The van der Waals surface area contributed by atoms with Gasteiger partial charge in [0.2, 0.25) is 0 Å². The van der Waals surface area contributed by atoms with Crippen LogP contribution in [0.5, 0.6) is 0 Å². The Morgan fingerprint density at radius 1 is 1.17 bits per heavy atom. The second-order valence-corrected chi connectivity index (χ2v) is 6.39. The molecule has 1 aromatic heterocycles. The third-order valence-electron chi connectivity index (χ3n) is 4.31. The van der Waals surface area contributed by atoms with Crippen LogP contribution in [0.3, 0.4) is 0 Å². The molecule has 24 heavy (non-hydrogen) atoms. The first-order valence-electron chi connectivity index (χ1n) is 8.58. The van der Waals surface area contributed by atoms with E-state index in [1.807, 2.05) is 0 Å². The van der Waals surface area contributed by atoms with E-state index >= 15 is 0 Å². The largest absolute Gasteiger partial charge is 0.356 e. The summed E-state index contributed by atoms with van der Waals surface area (Å²) in [4.78, 5) is 4.28. The first kappa shape index (κ1) is 16.5. The van der Waals surface area contributed by atoms with Gasteiger partial charge in [-0.15, -0.1) is 10.2 Å². The van der Waals surface area contributed by atoms with Crippen molar-refractivity contribution < 1.29 is 0 Å². The van der Waals surface area contributed by atoms with E-state index in [0.717, 1.165) is 43.5 Å². The first-order valence-corrected chi connectivity index (χ1v) is 8.58. The Kier molecular flexibility index (Phi) is 5.13. The zero-order valence-electron chi connectivity index (χ0n) is 14.8. The zero-order chi connectivity index (χ0) is 16.9. The van der Waals surface area contributed by atoms with Crippen molar-refractivity contribution in [3.63, 3.8) is 0 Å². The lowest BCUT2D eigenvalue weighted by Gasteiger charge is -2.12. The number of nitrogens with zero attached hydrogens (tertiary/aromatic N) is 4. The smallest absolute Gasteiger partial charge is 0.191 e. The fourth-order valence-electron chi connectivity index (χ4n) is 3.26. The van der Waals surface area contributed by atoms with E-state index in [2.05, 4.69) is 62.4 Å². The Bertz CT molecular complexity index is 711. The molecular formula is C18H26N6. The summed E-state index contributed by atoms with van der Waals surface area (Å²) in [5.41, 5.74) is 3.98. The quantitative estimate of drug-likeness (QED) is 0.649. The number of aliphatic imine (C=N–C) groups is 1. The Hall–Kier alpha value is -2.37. The maximum atomic E-state index is 4.28. The fraction of sp³-hybridized carbons (Fsp3) is 0.500. The molecule has 0 radical (unpaired) electrons. The standard InChI is InChI=1S/C18H26N6/c1-13-9-14(2)11-15(10-13)6-7-20-18(19-3)21-12-17-23-22-16-5-4-8-24(16)17/h9-11H,4-8,12H2,1-3H3,(H2,19,20,21). The second-order valence-electron chi connectivity index (χ2n) is 6.39. The normalized spacial score (nSPS) is 13.9. The van der Waals surface area contributed by atoms with Crippen LogP contribution in [0, 0.1) is 13.8 Å². The van der Waals surface area contributed by atoms with Crippen LogP contribution in [0.1, 0.15) is 34.8 Å². The van der Waals surface area contributed by atoms with E-state index in [1.165, 1.54) is 23.1 Å². The summed E-state index contributed by atoms with van der Waals surface area (Å²) in [6, 6.07) is 6.68. The van der Waals surface area contributed by atoms with Gasteiger partial charge < -0.3 is 15.2 Å². The third-order valence-corrected chi connectivity index (χ3v) is 4.31. The van der Waals surface area contributed by atoms with Crippen LogP contribution in [0.4, 0.5) is 0 Å². The molecule has 1 aliphatic heterocycles. The van der Waals surface area contributed by atoms with Crippen LogP contribution >= 0.6 is 0 Å². The van der Waals surface area contributed by atoms with Gasteiger partial charge in [0.25, 0.3) is 0 Å². The summed E-state index contributed by atoms with van der Waals surface area (Å²) in [5.74, 6) is 2.89. The van der Waals surface area contributed by atoms with E-state index in [9.17, 15) is 0 Å². The summed E-state index contributed by atoms with van der Waals surface area (Å²) in [6.07, 6.45) is 3.18. The molecule has 0 bridgehead atoms. The summed E-state index contributed by atoms with van der Waals surface area (Å²) in [6.45, 7) is 6.80. The number of aromatic nitrogens is 3. The second kappa shape index (κ2) is 7.47. The number of aryl methyl sites for hydroxylation is 3. The fourth-order valence-corrected chi connectivity index (χ4v) is 3.26. The predicted molar refractivity (Wildman–Crippen MR) is 96.2 cm³/mol. The van der Waals surface area contributed by atoms with Crippen molar-refractivity contribution in [1.82, 2.24) is 25.4 Å². The highest BCUT2D eigenvalue weighted by molar-refractivity contribution is 5.79. The van der Waals surface area contributed by atoms with Gasteiger partial charge in [0.1, 0.15) is 5.82 Å². The van der Waals surface area contributed by atoms with Crippen LogP contribution in [0.25, 0.3) is 0 Å². The van der Waals surface area contributed by atoms with Crippen LogP contribution in [-0.2, 0) is 25.9 Å². The molecule has 0 aliphatic carbocycles. The number of nitrogens with one attached hydrogen (secondary N) is 2. The third kappa shape index (κ3) is 3.93. The van der Waals surface area contributed by atoms with Gasteiger partial charge in [-0.05, 0) is 32.3 Å². The molecule has 1 aliphatic rings. The van der Waals surface area contributed by atoms with Crippen molar-refractivity contribution in [3.8, 4) is 0 Å². The van der Waals surface area contributed by atoms with Gasteiger partial charge in [-0.3, -0.25) is 4.99 Å². The molecule has 0 saturated heterocycles. The molecule has 3 rings (SSSR count). The summed E-state index contributed by atoms with van der Waals surface area (Å²) < 4.78 is 2.20. The van der Waals surface area contributed by atoms with Gasteiger partial charge in [0, 0.05) is 26.6 Å². The number of benzene rings is 1. The highest BCUT2D eigenvalue weighted by atomic mass is 15.3. The molecule has 0 saturated carbocycles. The van der Waals surface area contributed by atoms with E-state index < -0.39 is 0 Å². The van der Waals surface area contributed by atoms with Gasteiger partial charge in [0.05, 0.1) is 6.54 Å². The highest BCUT2D eigenvalue weighted by Crippen LogP contribution is 2.13. The molecule has 0 fully saturated rings. The zero-order valence-corrected chi connectivity index (χ0v) is 14.8. The molecule has 2 heterocycles. The van der Waals surface area contributed by atoms with E-state index in [4.69, 9.17) is 0 Å². The lowest BCUT2D eigenvalue weighted by atomic mass is 10.1. The average molecular weight is 326 g/mol. The number of rotatable bonds is 5. The van der Waals surface area contributed by atoms with E-state index in [-0.39, 0.29) is 0 Å². The molecule has 128 valence electrons. The summed E-state index contributed by atoms with van der Waals surface area (Å²) in [7, 11) is 1.79. The first-order chi connectivity index (χ1) is 11.7. The van der Waals surface area contributed by atoms with Crippen molar-refractivity contribution in [2.45, 2.75) is 46.2 Å². The number of hydrogen-bond acceptors (Lipinski definition) is 3. The van der Waals surface area contributed by atoms with Crippen LogP contribution < -0.4 is 10.6 Å². The maximum Gasteiger partial charge on any atom is 0.191 e. The molecule has 0 unspecified atom stereocenters. The van der Waals surface area contributed by atoms with Crippen molar-refractivity contribution in [2.24, 2.45) is 4.99 Å². The molecule has 6 nitrogen and oxygen atoms in total. The van der Waals surface area contributed by atoms with Gasteiger partial charge >= 0.3 is 0 Å². The molecule has 6 heteroatoms. The Morgan fingerprint density at radius 3 is 2.71 bits per heavy atom. The molecule has 0 atom stereocenters. The van der Waals surface area contributed by atoms with Crippen LogP contribution in [0.2, 0.25) is 0 Å². The molecule has 2 aromatic rings. The van der Waals surface area contributed by atoms with Crippen molar-refractivity contribution in [2.75, 3.05) is 13.6 Å². The van der Waals surface area contributed by atoms with Crippen LogP contribution in [-0.4, -0.2) is 34.3 Å².